The normalized spacial score (nSPS) is 11.8. The van der Waals surface area contributed by atoms with Crippen molar-refractivity contribution in [2.75, 3.05) is 92.4 Å². The van der Waals surface area contributed by atoms with Crippen LogP contribution in [0.1, 0.15) is 27.7 Å². The Hall–Kier alpha value is -0.320. The SMILES string of the molecule is CC(C)NCCOCCOCCOCCOCCOCCOCCNC(C)C. The molecule has 0 unspecified atom stereocenters. The Labute approximate surface area is 171 Å². The number of rotatable bonds is 23. The zero-order valence-electron chi connectivity index (χ0n) is 18.5. The molecule has 0 fully saturated rings. The lowest BCUT2D eigenvalue weighted by molar-refractivity contribution is -0.0164. The van der Waals surface area contributed by atoms with Gasteiger partial charge in [-0.05, 0) is 0 Å². The topological polar surface area (TPSA) is 79.4 Å². The minimum Gasteiger partial charge on any atom is -0.378 e. The Morgan fingerprint density at radius 3 is 0.821 bits per heavy atom. The molecule has 0 aliphatic heterocycles. The van der Waals surface area contributed by atoms with Crippen LogP contribution in [0.25, 0.3) is 0 Å². The summed E-state index contributed by atoms with van der Waals surface area (Å²) in [7, 11) is 0. The van der Waals surface area contributed by atoms with Crippen LogP contribution in [-0.4, -0.2) is 104 Å². The van der Waals surface area contributed by atoms with Gasteiger partial charge in [0.2, 0.25) is 0 Å². The van der Waals surface area contributed by atoms with Gasteiger partial charge in [-0.2, -0.15) is 0 Å². The molecule has 170 valence electrons. The summed E-state index contributed by atoms with van der Waals surface area (Å²) in [6.07, 6.45) is 0. The van der Waals surface area contributed by atoms with Crippen LogP contribution >= 0.6 is 0 Å². The summed E-state index contributed by atoms with van der Waals surface area (Å²) in [6, 6.07) is 0.991. The van der Waals surface area contributed by atoms with E-state index in [1.807, 2.05) is 0 Å². The Morgan fingerprint density at radius 2 is 0.607 bits per heavy atom. The van der Waals surface area contributed by atoms with Crippen molar-refractivity contribution in [1.29, 1.82) is 0 Å². The van der Waals surface area contributed by atoms with Gasteiger partial charge in [0, 0.05) is 25.2 Å². The summed E-state index contributed by atoms with van der Waals surface area (Å²) in [5.74, 6) is 0. The van der Waals surface area contributed by atoms with Crippen LogP contribution < -0.4 is 10.6 Å². The standard InChI is InChI=1S/C20H44N2O6/c1-19(2)21-5-7-23-9-11-25-13-15-27-17-18-28-16-14-26-12-10-24-8-6-22-20(3)4/h19-22H,5-18H2,1-4H3. The summed E-state index contributed by atoms with van der Waals surface area (Å²) in [5.41, 5.74) is 0. The molecule has 0 heterocycles. The van der Waals surface area contributed by atoms with Crippen LogP contribution in [0.15, 0.2) is 0 Å². The quantitative estimate of drug-likeness (QED) is 0.243. The Morgan fingerprint density at radius 1 is 0.393 bits per heavy atom. The summed E-state index contributed by atoms with van der Waals surface area (Å²) in [5, 5.41) is 6.59. The zero-order chi connectivity index (χ0) is 20.7. The highest BCUT2D eigenvalue weighted by atomic mass is 16.6. The second-order valence-corrected chi connectivity index (χ2v) is 6.89. The first-order valence-electron chi connectivity index (χ1n) is 10.6. The lowest BCUT2D eigenvalue weighted by Crippen LogP contribution is -2.27. The molecule has 0 saturated carbocycles. The van der Waals surface area contributed by atoms with E-state index in [0.29, 0.717) is 91.4 Å². The van der Waals surface area contributed by atoms with Gasteiger partial charge in [0.25, 0.3) is 0 Å². The van der Waals surface area contributed by atoms with Crippen molar-refractivity contribution in [2.24, 2.45) is 0 Å². The Balaban J connectivity index is 3.00. The molecule has 0 aliphatic rings. The minimum absolute atomic E-state index is 0.496. The molecule has 8 heteroatoms. The zero-order valence-corrected chi connectivity index (χ0v) is 18.5. The molecule has 0 radical (unpaired) electrons. The molecule has 0 atom stereocenters. The van der Waals surface area contributed by atoms with Gasteiger partial charge in [-0.1, -0.05) is 27.7 Å². The van der Waals surface area contributed by atoms with Gasteiger partial charge in [0.1, 0.15) is 0 Å². The fourth-order valence-corrected chi connectivity index (χ4v) is 2.04. The first-order chi connectivity index (χ1) is 13.6. The molecule has 0 spiro atoms. The van der Waals surface area contributed by atoms with E-state index in [0.717, 1.165) is 13.1 Å². The molecule has 0 aromatic heterocycles. The first kappa shape index (κ1) is 27.7. The molecular weight excluding hydrogens is 364 g/mol. The molecule has 0 aromatic rings. The third-order valence-electron chi connectivity index (χ3n) is 3.46. The molecule has 0 rings (SSSR count). The molecule has 0 aliphatic carbocycles. The summed E-state index contributed by atoms with van der Waals surface area (Å²) in [6.45, 7) is 17.5. The first-order valence-corrected chi connectivity index (χ1v) is 10.6. The van der Waals surface area contributed by atoms with E-state index in [1.165, 1.54) is 0 Å². The lowest BCUT2D eigenvalue weighted by Gasteiger charge is -2.10. The molecule has 28 heavy (non-hydrogen) atoms. The van der Waals surface area contributed by atoms with Gasteiger partial charge in [0.05, 0.1) is 79.3 Å². The van der Waals surface area contributed by atoms with Gasteiger partial charge in [-0.15, -0.1) is 0 Å². The number of nitrogens with one attached hydrogen (secondary N) is 2. The predicted octanol–water partition coefficient (Wildman–Crippen LogP) is 1.08. The Bertz CT molecular complexity index is 268. The largest absolute Gasteiger partial charge is 0.378 e. The summed E-state index contributed by atoms with van der Waals surface area (Å²) in [4.78, 5) is 0. The highest BCUT2D eigenvalue weighted by Crippen LogP contribution is 1.85. The van der Waals surface area contributed by atoms with Crippen molar-refractivity contribution in [3.8, 4) is 0 Å². The van der Waals surface area contributed by atoms with Crippen LogP contribution in [-0.2, 0) is 28.4 Å². The van der Waals surface area contributed by atoms with Gasteiger partial charge in [-0.25, -0.2) is 0 Å². The van der Waals surface area contributed by atoms with E-state index in [-0.39, 0.29) is 0 Å². The van der Waals surface area contributed by atoms with Crippen molar-refractivity contribution in [3.05, 3.63) is 0 Å². The van der Waals surface area contributed by atoms with Crippen LogP contribution in [0.4, 0.5) is 0 Å². The third-order valence-corrected chi connectivity index (χ3v) is 3.46. The average molecular weight is 409 g/mol. The Kier molecular flexibility index (Phi) is 22.7. The van der Waals surface area contributed by atoms with E-state index < -0.39 is 0 Å². The maximum atomic E-state index is 5.45. The minimum atomic E-state index is 0.496. The third kappa shape index (κ3) is 25.7. The van der Waals surface area contributed by atoms with Crippen molar-refractivity contribution in [3.63, 3.8) is 0 Å². The summed E-state index contributed by atoms with van der Waals surface area (Å²) < 4.78 is 32.6. The maximum Gasteiger partial charge on any atom is 0.0701 e. The van der Waals surface area contributed by atoms with E-state index in [4.69, 9.17) is 28.4 Å². The molecule has 0 saturated heterocycles. The van der Waals surface area contributed by atoms with Gasteiger partial charge >= 0.3 is 0 Å². The van der Waals surface area contributed by atoms with Gasteiger partial charge in [-0.3, -0.25) is 0 Å². The lowest BCUT2D eigenvalue weighted by atomic mass is 10.4. The molecule has 0 amide bonds. The van der Waals surface area contributed by atoms with Crippen molar-refractivity contribution in [1.82, 2.24) is 10.6 Å². The highest BCUT2D eigenvalue weighted by Gasteiger charge is 1.95. The van der Waals surface area contributed by atoms with Crippen LogP contribution in [0.3, 0.4) is 0 Å². The molecule has 2 N–H and O–H groups in total. The monoisotopic (exact) mass is 408 g/mol. The highest BCUT2D eigenvalue weighted by molar-refractivity contribution is 4.51. The molecule has 0 aromatic carbocycles. The van der Waals surface area contributed by atoms with Crippen molar-refractivity contribution in [2.45, 2.75) is 39.8 Å². The molecule has 8 nitrogen and oxygen atoms in total. The average Bonchev–Trinajstić information content (AvgIpc) is 2.65. The van der Waals surface area contributed by atoms with E-state index >= 15 is 0 Å². The fourth-order valence-electron chi connectivity index (χ4n) is 2.04. The smallest absolute Gasteiger partial charge is 0.0701 e. The van der Waals surface area contributed by atoms with Gasteiger partial charge < -0.3 is 39.1 Å². The van der Waals surface area contributed by atoms with Crippen LogP contribution in [0, 0.1) is 0 Å². The number of hydrogen-bond acceptors (Lipinski definition) is 8. The number of hydrogen-bond donors (Lipinski definition) is 2. The van der Waals surface area contributed by atoms with Crippen LogP contribution in [0.5, 0.6) is 0 Å². The maximum absolute atomic E-state index is 5.45. The molecular formula is C20H44N2O6. The second kappa shape index (κ2) is 23.0. The van der Waals surface area contributed by atoms with E-state index in [1.54, 1.807) is 0 Å². The van der Waals surface area contributed by atoms with E-state index in [2.05, 4.69) is 38.3 Å². The number of ether oxygens (including phenoxy) is 6. The molecule has 0 bridgehead atoms. The predicted molar refractivity (Wildman–Crippen MR) is 111 cm³/mol. The van der Waals surface area contributed by atoms with Crippen LogP contribution in [0.2, 0.25) is 0 Å². The second-order valence-electron chi connectivity index (χ2n) is 6.89. The van der Waals surface area contributed by atoms with E-state index in [9.17, 15) is 0 Å². The van der Waals surface area contributed by atoms with Crippen molar-refractivity contribution < 1.29 is 28.4 Å². The fraction of sp³-hybridized carbons (Fsp3) is 1.00. The van der Waals surface area contributed by atoms with Gasteiger partial charge in [0.15, 0.2) is 0 Å². The summed E-state index contributed by atoms with van der Waals surface area (Å²) >= 11 is 0. The van der Waals surface area contributed by atoms with Crippen molar-refractivity contribution >= 4 is 0 Å².